The summed E-state index contributed by atoms with van der Waals surface area (Å²) < 4.78 is 5.21. The van der Waals surface area contributed by atoms with E-state index in [1.165, 1.54) is 12.8 Å². The van der Waals surface area contributed by atoms with Crippen molar-refractivity contribution in [1.82, 2.24) is 5.32 Å². The van der Waals surface area contributed by atoms with Gasteiger partial charge in [-0.25, -0.2) is 4.79 Å². The van der Waals surface area contributed by atoms with Crippen molar-refractivity contribution in [2.75, 3.05) is 0 Å². The first-order chi connectivity index (χ1) is 10.6. The lowest BCUT2D eigenvalue weighted by molar-refractivity contribution is 0.0930. The van der Waals surface area contributed by atoms with Gasteiger partial charge >= 0.3 is 5.63 Å². The summed E-state index contributed by atoms with van der Waals surface area (Å²) in [4.78, 5) is 24.4. The summed E-state index contributed by atoms with van der Waals surface area (Å²) >= 11 is 5.94. The summed E-state index contributed by atoms with van der Waals surface area (Å²) in [5.41, 5.74) is -0.139. The SMILES string of the molecule is O=C(NC1CCCCCC1)c1cc2cc(Cl)ccc2oc1=O. The predicted molar refractivity (Wildman–Crippen MR) is 86.5 cm³/mol. The Morgan fingerprint density at radius 1 is 1.14 bits per heavy atom. The highest BCUT2D eigenvalue weighted by molar-refractivity contribution is 6.31. The second-order valence-corrected chi connectivity index (χ2v) is 6.23. The number of halogens is 1. The zero-order valence-electron chi connectivity index (χ0n) is 12.2. The van der Waals surface area contributed by atoms with Gasteiger partial charge in [-0.3, -0.25) is 4.79 Å². The topological polar surface area (TPSA) is 59.3 Å². The molecule has 1 aromatic carbocycles. The zero-order chi connectivity index (χ0) is 15.5. The van der Waals surface area contributed by atoms with E-state index in [9.17, 15) is 9.59 Å². The number of amides is 1. The molecule has 0 aliphatic heterocycles. The summed E-state index contributed by atoms with van der Waals surface area (Å²) in [5, 5.41) is 4.15. The van der Waals surface area contributed by atoms with Gasteiger partial charge in [0.15, 0.2) is 0 Å². The quantitative estimate of drug-likeness (QED) is 0.674. The van der Waals surface area contributed by atoms with Crippen LogP contribution in [0.1, 0.15) is 48.9 Å². The summed E-state index contributed by atoms with van der Waals surface area (Å²) in [6.07, 6.45) is 6.60. The Morgan fingerprint density at radius 3 is 2.59 bits per heavy atom. The highest BCUT2D eigenvalue weighted by Gasteiger charge is 2.19. The number of carbonyl (C=O) groups excluding carboxylic acids is 1. The van der Waals surface area contributed by atoms with Gasteiger partial charge in [0.1, 0.15) is 11.1 Å². The number of rotatable bonds is 2. The summed E-state index contributed by atoms with van der Waals surface area (Å²) in [6, 6.07) is 6.66. The molecule has 5 heteroatoms. The van der Waals surface area contributed by atoms with E-state index in [0.717, 1.165) is 25.7 Å². The molecule has 22 heavy (non-hydrogen) atoms. The van der Waals surface area contributed by atoms with Gasteiger partial charge in [-0.15, -0.1) is 0 Å². The van der Waals surface area contributed by atoms with Gasteiger partial charge in [0, 0.05) is 16.5 Å². The van der Waals surface area contributed by atoms with Crippen molar-refractivity contribution >= 4 is 28.5 Å². The molecule has 1 amide bonds. The van der Waals surface area contributed by atoms with Gasteiger partial charge in [-0.1, -0.05) is 37.3 Å². The molecule has 0 atom stereocenters. The van der Waals surface area contributed by atoms with E-state index >= 15 is 0 Å². The fourth-order valence-corrected chi connectivity index (χ4v) is 3.12. The van der Waals surface area contributed by atoms with Crippen molar-refractivity contribution < 1.29 is 9.21 Å². The van der Waals surface area contributed by atoms with Crippen molar-refractivity contribution in [3.8, 4) is 0 Å². The Hall–Kier alpha value is -1.81. The normalized spacial score (nSPS) is 16.4. The van der Waals surface area contributed by atoms with Crippen LogP contribution >= 0.6 is 11.6 Å². The molecule has 1 aliphatic rings. The fraction of sp³-hybridized carbons (Fsp3) is 0.412. The molecule has 1 N–H and O–H groups in total. The van der Waals surface area contributed by atoms with Crippen molar-refractivity contribution in [2.24, 2.45) is 0 Å². The summed E-state index contributed by atoms with van der Waals surface area (Å²) in [6.45, 7) is 0. The highest BCUT2D eigenvalue weighted by Crippen LogP contribution is 2.20. The van der Waals surface area contributed by atoms with Crippen LogP contribution in [0.15, 0.2) is 33.5 Å². The Bertz CT molecular complexity index is 745. The van der Waals surface area contributed by atoms with Gasteiger partial charge in [-0.05, 0) is 37.1 Å². The molecule has 116 valence electrons. The van der Waals surface area contributed by atoms with Crippen molar-refractivity contribution in [2.45, 2.75) is 44.6 Å². The molecule has 1 saturated carbocycles. The number of carbonyl (C=O) groups is 1. The van der Waals surface area contributed by atoms with E-state index in [0.29, 0.717) is 16.0 Å². The number of hydrogen-bond donors (Lipinski definition) is 1. The van der Waals surface area contributed by atoms with Crippen molar-refractivity contribution in [3.63, 3.8) is 0 Å². The zero-order valence-corrected chi connectivity index (χ0v) is 13.0. The summed E-state index contributed by atoms with van der Waals surface area (Å²) in [5.74, 6) is -0.359. The molecule has 1 heterocycles. The van der Waals surface area contributed by atoms with Crippen LogP contribution in [0.25, 0.3) is 11.0 Å². The number of hydrogen-bond acceptors (Lipinski definition) is 3. The van der Waals surface area contributed by atoms with Crippen LogP contribution in [0.3, 0.4) is 0 Å². The number of nitrogens with one attached hydrogen (secondary N) is 1. The molecule has 4 nitrogen and oxygen atoms in total. The van der Waals surface area contributed by atoms with Crippen LogP contribution in [0.2, 0.25) is 5.02 Å². The van der Waals surface area contributed by atoms with E-state index < -0.39 is 5.63 Å². The minimum Gasteiger partial charge on any atom is -0.422 e. The molecule has 0 bridgehead atoms. The van der Waals surface area contributed by atoms with E-state index in [-0.39, 0.29) is 17.5 Å². The van der Waals surface area contributed by atoms with Crippen LogP contribution in [0, 0.1) is 0 Å². The van der Waals surface area contributed by atoms with E-state index in [1.807, 2.05) is 0 Å². The van der Waals surface area contributed by atoms with Crippen molar-refractivity contribution in [3.05, 3.63) is 45.3 Å². The number of fused-ring (bicyclic) bond motifs is 1. The first kappa shape index (κ1) is 15.1. The monoisotopic (exact) mass is 319 g/mol. The molecule has 0 radical (unpaired) electrons. The van der Waals surface area contributed by atoms with Gasteiger partial charge in [0.2, 0.25) is 0 Å². The van der Waals surface area contributed by atoms with Gasteiger partial charge in [0.05, 0.1) is 0 Å². The van der Waals surface area contributed by atoms with Crippen LogP contribution in [-0.4, -0.2) is 11.9 Å². The maximum Gasteiger partial charge on any atom is 0.349 e. The van der Waals surface area contributed by atoms with E-state index in [1.54, 1.807) is 24.3 Å². The minimum atomic E-state index is -0.610. The van der Waals surface area contributed by atoms with Crippen LogP contribution < -0.4 is 10.9 Å². The second kappa shape index (κ2) is 6.53. The first-order valence-corrected chi connectivity index (χ1v) is 8.05. The molecule has 1 aliphatic carbocycles. The lowest BCUT2D eigenvalue weighted by atomic mass is 10.1. The molecular formula is C17H18ClNO3. The smallest absolute Gasteiger partial charge is 0.349 e. The maximum absolute atomic E-state index is 12.4. The minimum absolute atomic E-state index is 0.0408. The van der Waals surface area contributed by atoms with Gasteiger partial charge in [-0.2, -0.15) is 0 Å². The third-order valence-corrected chi connectivity index (χ3v) is 4.36. The van der Waals surface area contributed by atoms with Gasteiger partial charge < -0.3 is 9.73 Å². The first-order valence-electron chi connectivity index (χ1n) is 7.68. The average Bonchev–Trinajstić information content (AvgIpc) is 2.75. The van der Waals surface area contributed by atoms with Crippen LogP contribution in [-0.2, 0) is 0 Å². The largest absolute Gasteiger partial charge is 0.422 e. The lowest BCUT2D eigenvalue weighted by Gasteiger charge is -2.15. The molecule has 0 spiro atoms. The third kappa shape index (κ3) is 3.33. The molecule has 1 aromatic heterocycles. The Kier molecular flexibility index (Phi) is 4.48. The fourth-order valence-electron chi connectivity index (χ4n) is 2.94. The van der Waals surface area contributed by atoms with Crippen molar-refractivity contribution in [1.29, 1.82) is 0 Å². The Morgan fingerprint density at radius 2 is 1.86 bits per heavy atom. The maximum atomic E-state index is 12.4. The average molecular weight is 320 g/mol. The molecule has 2 aromatic rings. The molecule has 3 rings (SSSR count). The van der Waals surface area contributed by atoms with Crippen LogP contribution in [0.4, 0.5) is 0 Å². The Balaban J connectivity index is 1.86. The molecule has 1 fully saturated rings. The molecule has 0 unspecified atom stereocenters. The predicted octanol–water partition coefficient (Wildman–Crippen LogP) is 3.90. The molecular weight excluding hydrogens is 302 g/mol. The van der Waals surface area contributed by atoms with E-state index in [2.05, 4.69) is 5.32 Å². The summed E-state index contributed by atoms with van der Waals surface area (Å²) in [7, 11) is 0. The lowest BCUT2D eigenvalue weighted by Crippen LogP contribution is -2.36. The van der Waals surface area contributed by atoms with Crippen LogP contribution in [0.5, 0.6) is 0 Å². The highest BCUT2D eigenvalue weighted by atomic mass is 35.5. The number of benzene rings is 1. The second-order valence-electron chi connectivity index (χ2n) is 5.79. The van der Waals surface area contributed by atoms with Gasteiger partial charge in [0.25, 0.3) is 5.91 Å². The Labute approximate surface area is 133 Å². The molecule has 0 saturated heterocycles. The third-order valence-electron chi connectivity index (χ3n) is 4.13. The standard InChI is InChI=1S/C17H18ClNO3/c18-12-7-8-15-11(9-12)10-14(17(21)22-15)16(20)19-13-5-3-1-2-4-6-13/h7-10,13H,1-6H2,(H,19,20). The van der Waals surface area contributed by atoms with E-state index in [4.69, 9.17) is 16.0 Å².